The molecule has 0 fully saturated rings. The normalized spacial score (nSPS) is 27.1. The second-order valence-electron chi connectivity index (χ2n) is 3.72. The zero-order valence-corrected chi connectivity index (χ0v) is 8.19. The van der Waals surface area contributed by atoms with Gasteiger partial charge in [0, 0.05) is 12.0 Å². The molecule has 0 saturated heterocycles. The number of carbonyl (C=O) groups is 1. The third kappa shape index (κ3) is 3.28. The van der Waals surface area contributed by atoms with Gasteiger partial charge in [-0.15, -0.1) is 0 Å². The number of allylic oxidation sites excluding steroid dienone is 1. The van der Waals surface area contributed by atoms with Crippen molar-refractivity contribution < 1.29 is 9.53 Å². The fraction of sp³-hybridized carbons (Fsp3) is 0.700. The molecule has 3 nitrogen and oxygen atoms in total. The van der Waals surface area contributed by atoms with Crippen LogP contribution in [-0.4, -0.2) is 24.5 Å². The Morgan fingerprint density at radius 2 is 2.31 bits per heavy atom. The molecule has 1 rings (SSSR count). The first-order chi connectivity index (χ1) is 6.09. The van der Waals surface area contributed by atoms with Crippen molar-refractivity contribution in [2.24, 2.45) is 11.7 Å². The van der Waals surface area contributed by atoms with Crippen molar-refractivity contribution in [3.63, 3.8) is 0 Å². The number of hydrogen-bond donors (Lipinski definition) is 1. The summed E-state index contributed by atoms with van der Waals surface area (Å²) in [4.78, 5) is 11.5. The SMILES string of the molecule is CC(C)OCC(=O)C1C=CC(N)C1. The Kier molecular flexibility index (Phi) is 3.63. The number of Topliss-reactive ketones (excluding diaryl/α,β-unsaturated/α-hetero) is 1. The van der Waals surface area contributed by atoms with Crippen LogP contribution in [0.5, 0.6) is 0 Å². The lowest BCUT2D eigenvalue weighted by molar-refractivity contribution is -0.127. The van der Waals surface area contributed by atoms with Gasteiger partial charge in [-0.3, -0.25) is 4.79 Å². The van der Waals surface area contributed by atoms with Crippen molar-refractivity contribution in [3.05, 3.63) is 12.2 Å². The van der Waals surface area contributed by atoms with Gasteiger partial charge in [-0.25, -0.2) is 0 Å². The van der Waals surface area contributed by atoms with Crippen molar-refractivity contribution in [1.29, 1.82) is 0 Å². The topological polar surface area (TPSA) is 52.3 Å². The quantitative estimate of drug-likeness (QED) is 0.658. The van der Waals surface area contributed by atoms with E-state index in [1.165, 1.54) is 0 Å². The van der Waals surface area contributed by atoms with Crippen LogP contribution >= 0.6 is 0 Å². The Bertz CT molecular complexity index is 211. The molecule has 0 aliphatic heterocycles. The van der Waals surface area contributed by atoms with Gasteiger partial charge in [-0.1, -0.05) is 12.2 Å². The molecule has 3 heteroatoms. The van der Waals surface area contributed by atoms with Crippen LogP contribution in [0.1, 0.15) is 20.3 Å². The Labute approximate surface area is 78.9 Å². The van der Waals surface area contributed by atoms with Crippen LogP contribution in [0.4, 0.5) is 0 Å². The molecule has 0 aromatic heterocycles. The smallest absolute Gasteiger partial charge is 0.165 e. The number of hydrogen-bond acceptors (Lipinski definition) is 3. The summed E-state index contributed by atoms with van der Waals surface area (Å²) in [7, 11) is 0. The maximum Gasteiger partial charge on any atom is 0.165 e. The van der Waals surface area contributed by atoms with Gasteiger partial charge in [-0.05, 0) is 20.3 Å². The Morgan fingerprint density at radius 1 is 1.62 bits per heavy atom. The third-order valence-electron chi connectivity index (χ3n) is 2.09. The number of carbonyl (C=O) groups excluding carboxylic acids is 1. The number of rotatable bonds is 4. The molecule has 2 unspecified atom stereocenters. The summed E-state index contributed by atoms with van der Waals surface area (Å²) in [5.41, 5.74) is 5.64. The van der Waals surface area contributed by atoms with Crippen molar-refractivity contribution in [2.75, 3.05) is 6.61 Å². The van der Waals surface area contributed by atoms with E-state index in [1.54, 1.807) is 0 Å². The average molecular weight is 183 g/mol. The zero-order valence-electron chi connectivity index (χ0n) is 8.19. The molecular formula is C10H17NO2. The van der Waals surface area contributed by atoms with Crippen LogP contribution in [0, 0.1) is 5.92 Å². The number of ether oxygens (including phenoxy) is 1. The fourth-order valence-electron chi connectivity index (χ4n) is 1.32. The van der Waals surface area contributed by atoms with E-state index in [0.717, 1.165) is 6.42 Å². The van der Waals surface area contributed by atoms with Gasteiger partial charge in [0.25, 0.3) is 0 Å². The van der Waals surface area contributed by atoms with Gasteiger partial charge in [0.1, 0.15) is 6.61 Å². The molecule has 74 valence electrons. The van der Waals surface area contributed by atoms with Crippen LogP contribution in [0.25, 0.3) is 0 Å². The van der Waals surface area contributed by atoms with Crippen molar-refractivity contribution >= 4 is 5.78 Å². The molecule has 0 amide bonds. The lowest BCUT2D eigenvalue weighted by Crippen LogP contribution is -2.23. The highest BCUT2D eigenvalue weighted by atomic mass is 16.5. The lowest BCUT2D eigenvalue weighted by atomic mass is 10.0. The maximum absolute atomic E-state index is 11.5. The predicted octanol–water partition coefficient (Wildman–Crippen LogP) is 0.884. The van der Waals surface area contributed by atoms with E-state index >= 15 is 0 Å². The molecule has 0 saturated carbocycles. The molecular weight excluding hydrogens is 166 g/mol. The molecule has 1 aliphatic carbocycles. The zero-order chi connectivity index (χ0) is 9.84. The molecule has 2 atom stereocenters. The summed E-state index contributed by atoms with van der Waals surface area (Å²) in [5, 5.41) is 0. The molecule has 2 N–H and O–H groups in total. The molecule has 0 bridgehead atoms. The van der Waals surface area contributed by atoms with Gasteiger partial charge in [-0.2, -0.15) is 0 Å². The fourth-order valence-corrected chi connectivity index (χ4v) is 1.32. The summed E-state index contributed by atoms with van der Waals surface area (Å²) in [6.07, 6.45) is 4.62. The second kappa shape index (κ2) is 4.53. The molecule has 13 heavy (non-hydrogen) atoms. The molecule has 0 aromatic rings. The van der Waals surface area contributed by atoms with Crippen molar-refractivity contribution in [3.8, 4) is 0 Å². The van der Waals surface area contributed by atoms with Gasteiger partial charge in [0.05, 0.1) is 6.10 Å². The highest BCUT2D eigenvalue weighted by molar-refractivity contribution is 5.84. The summed E-state index contributed by atoms with van der Waals surface area (Å²) in [6.45, 7) is 4.05. The Hall–Kier alpha value is -0.670. The van der Waals surface area contributed by atoms with Gasteiger partial charge in [0.2, 0.25) is 0 Å². The van der Waals surface area contributed by atoms with E-state index in [0.29, 0.717) is 0 Å². The standard InChI is InChI=1S/C10H17NO2/c1-7(2)13-6-10(12)8-3-4-9(11)5-8/h3-4,7-9H,5-6,11H2,1-2H3. The monoisotopic (exact) mass is 183 g/mol. The molecule has 0 spiro atoms. The molecule has 0 heterocycles. The average Bonchev–Trinajstić information content (AvgIpc) is 2.47. The number of nitrogens with two attached hydrogens (primary N) is 1. The first-order valence-electron chi connectivity index (χ1n) is 4.68. The minimum absolute atomic E-state index is 0.0197. The predicted molar refractivity (Wildman–Crippen MR) is 51.3 cm³/mol. The summed E-state index contributed by atoms with van der Waals surface area (Å²) < 4.78 is 5.23. The molecule has 1 aliphatic rings. The molecule has 0 aromatic carbocycles. The van der Waals surface area contributed by atoms with E-state index in [4.69, 9.17) is 10.5 Å². The molecule has 0 radical (unpaired) electrons. The first-order valence-corrected chi connectivity index (χ1v) is 4.68. The minimum Gasteiger partial charge on any atom is -0.371 e. The lowest BCUT2D eigenvalue weighted by Gasteiger charge is -2.10. The van der Waals surface area contributed by atoms with E-state index in [9.17, 15) is 4.79 Å². The van der Waals surface area contributed by atoms with Gasteiger partial charge < -0.3 is 10.5 Å². The summed E-state index contributed by atoms with van der Waals surface area (Å²) >= 11 is 0. The van der Waals surface area contributed by atoms with E-state index in [1.807, 2.05) is 26.0 Å². The second-order valence-corrected chi connectivity index (χ2v) is 3.72. The summed E-state index contributed by atoms with van der Waals surface area (Å²) in [6, 6.07) is 0.0491. The van der Waals surface area contributed by atoms with Crippen LogP contribution in [-0.2, 0) is 9.53 Å². The van der Waals surface area contributed by atoms with Gasteiger partial charge in [0.15, 0.2) is 5.78 Å². The van der Waals surface area contributed by atoms with Crippen molar-refractivity contribution in [1.82, 2.24) is 0 Å². The van der Waals surface area contributed by atoms with E-state index < -0.39 is 0 Å². The van der Waals surface area contributed by atoms with Gasteiger partial charge >= 0.3 is 0 Å². The minimum atomic E-state index is -0.0197. The summed E-state index contributed by atoms with van der Waals surface area (Å²) in [5.74, 6) is 0.117. The highest BCUT2D eigenvalue weighted by Crippen LogP contribution is 2.17. The number of ketones is 1. The Balaban J connectivity index is 2.29. The first kappa shape index (κ1) is 10.4. The van der Waals surface area contributed by atoms with Crippen molar-refractivity contribution in [2.45, 2.75) is 32.4 Å². The van der Waals surface area contributed by atoms with Crippen LogP contribution in [0.2, 0.25) is 0 Å². The van der Waals surface area contributed by atoms with Crippen LogP contribution in [0.15, 0.2) is 12.2 Å². The largest absolute Gasteiger partial charge is 0.371 e. The van der Waals surface area contributed by atoms with E-state index in [2.05, 4.69) is 0 Å². The third-order valence-corrected chi connectivity index (χ3v) is 2.09. The highest BCUT2D eigenvalue weighted by Gasteiger charge is 2.22. The Morgan fingerprint density at radius 3 is 2.77 bits per heavy atom. The van der Waals surface area contributed by atoms with E-state index in [-0.39, 0.29) is 30.5 Å². The maximum atomic E-state index is 11.5. The van der Waals surface area contributed by atoms with Crippen LogP contribution in [0.3, 0.4) is 0 Å². The van der Waals surface area contributed by atoms with Crippen LogP contribution < -0.4 is 5.73 Å².